The number of methoxy groups -OCH3 is 1. The summed E-state index contributed by atoms with van der Waals surface area (Å²) in [6, 6.07) is 21.4. The van der Waals surface area contributed by atoms with Gasteiger partial charge >= 0.3 is 5.97 Å². The van der Waals surface area contributed by atoms with Crippen molar-refractivity contribution in [3.63, 3.8) is 0 Å². The largest absolute Gasteiger partial charge is 0.496 e. The summed E-state index contributed by atoms with van der Waals surface area (Å²) in [6.07, 6.45) is 0. The molecule has 1 saturated heterocycles. The van der Waals surface area contributed by atoms with Crippen molar-refractivity contribution < 1.29 is 23.8 Å². The van der Waals surface area contributed by atoms with Gasteiger partial charge in [-0.05, 0) is 77.1 Å². The van der Waals surface area contributed by atoms with Crippen LogP contribution in [-0.2, 0) is 17.9 Å². The number of likely N-dealkylation sites (tertiary alicyclic amines) is 1. The summed E-state index contributed by atoms with van der Waals surface area (Å²) in [5.74, 6) is -1.16. The van der Waals surface area contributed by atoms with Crippen LogP contribution in [0.25, 0.3) is 22.3 Å². The van der Waals surface area contributed by atoms with Crippen molar-refractivity contribution in [2.75, 3.05) is 32.6 Å². The van der Waals surface area contributed by atoms with Gasteiger partial charge in [-0.2, -0.15) is 0 Å². The van der Waals surface area contributed by atoms with E-state index in [4.69, 9.17) is 4.74 Å². The Hall–Kier alpha value is -4.69. The number of nitrogens with zero attached hydrogens (tertiary/aromatic N) is 2. The number of anilines is 2. The van der Waals surface area contributed by atoms with E-state index in [1.165, 1.54) is 13.2 Å². The Balaban J connectivity index is 1.32. The third kappa shape index (κ3) is 5.12. The lowest BCUT2D eigenvalue weighted by molar-refractivity contribution is -0.147. The topological polar surface area (TPSA) is 82.1 Å². The van der Waals surface area contributed by atoms with Crippen LogP contribution in [0.5, 0.6) is 5.75 Å². The van der Waals surface area contributed by atoms with E-state index in [9.17, 15) is 14.7 Å². The summed E-state index contributed by atoms with van der Waals surface area (Å²) in [7, 11) is 3.34. The number of carboxylic acids is 1. The summed E-state index contributed by atoms with van der Waals surface area (Å²) >= 11 is 0. The predicted octanol–water partition coefficient (Wildman–Crippen LogP) is 6.63. The lowest BCUT2D eigenvalue weighted by atomic mass is 9.89. The number of fused-ring (bicyclic) bond motifs is 1. The number of carboxylic acid groups (broad SMARTS) is 1. The summed E-state index contributed by atoms with van der Waals surface area (Å²) < 4.78 is 21.1. The molecule has 0 spiro atoms. The van der Waals surface area contributed by atoms with Crippen molar-refractivity contribution in [3.05, 3.63) is 100 Å². The highest BCUT2D eigenvalue weighted by Gasteiger charge is 2.33. The first-order valence-electron chi connectivity index (χ1n) is 14.3. The number of rotatable bonds is 8. The number of hydrogen-bond acceptors (Lipinski definition) is 5. The first-order chi connectivity index (χ1) is 20.7. The zero-order valence-corrected chi connectivity index (χ0v) is 24.7. The fourth-order valence-electron chi connectivity index (χ4n) is 6.24. The molecular formula is C35H34FN3O4. The van der Waals surface area contributed by atoms with E-state index >= 15 is 4.39 Å². The van der Waals surface area contributed by atoms with Gasteiger partial charge in [0, 0.05) is 44.5 Å². The second kappa shape index (κ2) is 11.2. The molecular weight excluding hydrogens is 545 g/mol. The Kier molecular flexibility index (Phi) is 7.40. The molecule has 4 aromatic rings. The molecule has 0 unspecified atom stereocenters. The molecule has 0 aliphatic carbocycles. The quantitative estimate of drug-likeness (QED) is 0.244. The van der Waals surface area contributed by atoms with Crippen LogP contribution in [0.4, 0.5) is 15.8 Å². The van der Waals surface area contributed by atoms with E-state index < -0.39 is 11.9 Å². The molecule has 0 atom stereocenters. The number of nitrogens with one attached hydrogen (secondary N) is 1. The SMILES string of the molecule is COc1cc(-c2cccc(-c3cccc(Nc4cccc5c4C(=O)N(C)C5)c3C)c2C)cc(F)c1CN1CC(C(=O)O)C1. The van der Waals surface area contributed by atoms with Gasteiger partial charge in [0.1, 0.15) is 11.6 Å². The zero-order chi connectivity index (χ0) is 30.4. The highest BCUT2D eigenvalue weighted by molar-refractivity contribution is 6.04. The maximum absolute atomic E-state index is 15.5. The van der Waals surface area contributed by atoms with Gasteiger partial charge in [0.15, 0.2) is 0 Å². The fourth-order valence-corrected chi connectivity index (χ4v) is 6.24. The Morgan fingerprint density at radius 3 is 2.35 bits per heavy atom. The smallest absolute Gasteiger partial charge is 0.309 e. The molecule has 220 valence electrons. The van der Waals surface area contributed by atoms with Crippen molar-refractivity contribution in [2.45, 2.75) is 26.9 Å². The Morgan fingerprint density at radius 1 is 0.977 bits per heavy atom. The first kappa shape index (κ1) is 28.4. The van der Waals surface area contributed by atoms with Gasteiger partial charge < -0.3 is 20.1 Å². The van der Waals surface area contributed by atoms with E-state index in [1.54, 1.807) is 4.90 Å². The fraction of sp³-hybridized carbons (Fsp3) is 0.257. The van der Waals surface area contributed by atoms with E-state index in [0.29, 0.717) is 48.6 Å². The monoisotopic (exact) mass is 579 g/mol. The molecule has 2 heterocycles. The average Bonchev–Trinajstić information content (AvgIpc) is 3.25. The van der Waals surface area contributed by atoms with Crippen LogP contribution < -0.4 is 10.1 Å². The molecule has 0 aromatic heterocycles. The van der Waals surface area contributed by atoms with E-state index in [1.807, 2.05) is 67.4 Å². The van der Waals surface area contributed by atoms with Crippen LogP contribution in [0.15, 0.2) is 66.7 Å². The molecule has 2 aliphatic rings. The molecule has 0 radical (unpaired) electrons. The van der Waals surface area contributed by atoms with Crippen molar-refractivity contribution in [1.82, 2.24) is 9.80 Å². The molecule has 43 heavy (non-hydrogen) atoms. The molecule has 2 aliphatic heterocycles. The molecule has 2 N–H and O–H groups in total. The first-order valence-corrected chi connectivity index (χ1v) is 14.3. The number of carbonyl (C=O) groups is 2. The summed E-state index contributed by atoms with van der Waals surface area (Å²) in [4.78, 5) is 27.6. The number of hydrogen-bond donors (Lipinski definition) is 2. The van der Waals surface area contributed by atoms with Crippen LogP contribution in [-0.4, -0.2) is 54.0 Å². The van der Waals surface area contributed by atoms with E-state index in [2.05, 4.69) is 24.4 Å². The second-order valence-electron chi connectivity index (χ2n) is 11.5. The number of halogens is 1. The summed E-state index contributed by atoms with van der Waals surface area (Å²) in [6.45, 7) is 5.78. The summed E-state index contributed by atoms with van der Waals surface area (Å²) in [5.41, 5.74) is 9.54. The molecule has 0 saturated carbocycles. The van der Waals surface area contributed by atoms with Gasteiger partial charge in [0.05, 0.1) is 24.3 Å². The molecule has 4 aromatic carbocycles. The van der Waals surface area contributed by atoms with Gasteiger partial charge in [-0.3, -0.25) is 14.5 Å². The lowest BCUT2D eigenvalue weighted by Crippen LogP contribution is -2.49. The predicted molar refractivity (Wildman–Crippen MR) is 165 cm³/mol. The number of benzene rings is 4. The van der Waals surface area contributed by atoms with Crippen LogP contribution in [0.3, 0.4) is 0 Å². The second-order valence-corrected chi connectivity index (χ2v) is 11.5. The average molecular weight is 580 g/mol. The number of carbonyl (C=O) groups excluding carboxylic acids is 1. The van der Waals surface area contributed by atoms with Crippen LogP contribution in [0.1, 0.15) is 32.6 Å². The molecule has 8 heteroatoms. The van der Waals surface area contributed by atoms with Gasteiger partial charge in [0.25, 0.3) is 5.91 Å². The number of aliphatic carboxylic acids is 1. The third-order valence-electron chi connectivity index (χ3n) is 8.72. The molecule has 7 nitrogen and oxygen atoms in total. The van der Waals surface area contributed by atoms with Gasteiger partial charge in [0.2, 0.25) is 0 Å². The minimum atomic E-state index is -0.822. The molecule has 6 rings (SSSR count). The minimum absolute atomic E-state index is 0.0125. The third-order valence-corrected chi connectivity index (χ3v) is 8.72. The Labute approximate surface area is 250 Å². The summed E-state index contributed by atoms with van der Waals surface area (Å²) in [5, 5.41) is 12.7. The van der Waals surface area contributed by atoms with Gasteiger partial charge in [-0.15, -0.1) is 0 Å². The van der Waals surface area contributed by atoms with Crippen molar-refractivity contribution >= 4 is 23.3 Å². The maximum Gasteiger partial charge on any atom is 0.309 e. The number of amides is 1. The van der Waals surface area contributed by atoms with Gasteiger partial charge in [-0.25, -0.2) is 4.39 Å². The Bertz CT molecular complexity index is 1760. The molecule has 1 fully saturated rings. The van der Waals surface area contributed by atoms with Crippen LogP contribution in [0, 0.1) is 25.6 Å². The zero-order valence-electron chi connectivity index (χ0n) is 24.7. The minimum Gasteiger partial charge on any atom is -0.496 e. The van der Waals surface area contributed by atoms with Gasteiger partial charge in [-0.1, -0.05) is 42.5 Å². The van der Waals surface area contributed by atoms with Crippen LogP contribution >= 0.6 is 0 Å². The maximum atomic E-state index is 15.5. The van der Waals surface area contributed by atoms with Crippen molar-refractivity contribution in [2.24, 2.45) is 5.92 Å². The van der Waals surface area contributed by atoms with Crippen molar-refractivity contribution in [1.29, 1.82) is 0 Å². The number of ether oxygens (including phenoxy) is 1. The molecule has 1 amide bonds. The highest BCUT2D eigenvalue weighted by Crippen LogP contribution is 2.39. The Morgan fingerprint density at radius 2 is 1.63 bits per heavy atom. The van der Waals surface area contributed by atoms with Crippen molar-refractivity contribution in [3.8, 4) is 28.0 Å². The highest BCUT2D eigenvalue weighted by atomic mass is 19.1. The standard InChI is InChI=1S/C35H34FN3O4/c1-20-25(23-14-29(36)28(32(15-23)43-4)19-39-17-24(18-39)35(41)42)9-6-10-26(20)27-11-7-12-30(21(27)2)37-31-13-5-8-22-16-38(3)34(40)33(22)31/h5-15,24,37H,16-19H2,1-4H3,(H,41,42). The lowest BCUT2D eigenvalue weighted by Gasteiger charge is -2.36. The molecule has 0 bridgehead atoms. The van der Waals surface area contributed by atoms with Crippen LogP contribution in [0.2, 0.25) is 0 Å². The van der Waals surface area contributed by atoms with E-state index in [-0.39, 0.29) is 11.7 Å². The van der Waals surface area contributed by atoms with E-state index in [0.717, 1.165) is 44.8 Å². The normalized spacial score (nSPS) is 14.9.